The van der Waals surface area contributed by atoms with Gasteiger partial charge in [-0.1, -0.05) is 35.3 Å². The van der Waals surface area contributed by atoms with Gasteiger partial charge >= 0.3 is 12.4 Å². The number of piperidine rings is 1. The maximum atomic E-state index is 13.9. The number of thiophene rings is 1. The number of fused-ring (bicyclic) bond motifs is 1. The number of ether oxygens (including phenoxy) is 1. The molecule has 0 spiro atoms. The Morgan fingerprint density at radius 1 is 1.12 bits per heavy atom. The molecule has 0 radical (unpaired) electrons. The molecule has 5 rings (SSSR count). The van der Waals surface area contributed by atoms with Crippen molar-refractivity contribution in [3.8, 4) is 5.75 Å². The summed E-state index contributed by atoms with van der Waals surface area (Å²) in [6, 6.07) is 8.08. The second kappa shape index (κ2) is 11.8. The Bertz CT molecular complexity index is 1450. The van der Waals surface area contributed by atoms with E-state index in [2.05, 4.69) is 20.9 Å². The van der Waals surface area contributed by atoms with E-state index in [0.29, 0.717) is 56.5 Å². The zero-order chi connectivity index (χ0) is 30.3. The minimum absolute atomic E-state index is 0.0107. The highest BCUT2D eigenvalue weighted by atomic mass is 79.9. The number of rotatable bonds is 6. The van der Waals surface area contributed by atoms with E-state index in [0.717, 1.165) is 40.0 Å². The van der Waals surface area contributed by atoms with Gasteiger partial charge in [0.05, 0.1) is 11.6 Å². The normalized spacial score (nSPS) is 21.7. The molecule has 226 valence electrons. The number of nitrogens with zero attached hydrogens (tertiary/aromatic N) is 3. The molecule has 1 saturated heterocycles. The first kappa shape index (κ1) is 30.8. The molecule has 1 amide bonds. The number of hydrogen-bond acceptors (Lipinski definition) is 5. The van der Waals surface area contributed by atoms with Crippen molar-refractivity contribution in [3.63, 3.8) is 0 Å². The number of alkyl halides is 6. The molecule has 2 aliphatic rings. The SMILES string of the molecule is CCC[C@H]1N(C(=O)c2ncccc2C(F)(F)F)CCCC1(Oc1csc(C(F)(F)F)c1)N1CCc2ccc(Br)cc2C1. The number of amides is 1. The van der Waals surface area contributed by atoms with Crippen LogP contribution in [0.25, 0.3) is 0 Å². The summed E-state index contributed by atoms with van der Waals surface area (Å²) in [5.74, 6) is -0.868. The highest BCUT2D eigenvalue weighted by Gasteiger charge is 2.53. The number of aromatic nitrogens is 1. The van der Waals surface area contributed by atoms with E-state index in [1.165, 1.54) is 10.3 Å². The van der Waals surface area contributed by atoms with E-state index >= 15 is 0 Å². The molecule has 0 bridgehead atoms. The van der Waals surface area contributed by atoms with Gasteiger partial charge in [-0.15, -0.1) is 11.3 Å². The van der Waals surface area contributed by atoms with Crippen molar-refractivity contribution in [1.82, 2.24) is 14.8 Å². The fourth-order valence-corrected chi connectivity index (χ4v) is 7.12. The summed E-state index contributed by atoms with van der Waals surface area (Å²) in [5.41, 5.74) is -1.00. The van der Waals surface area contributed by atoms with E-state index in [1.54, 1.807) is 0 Å². The van der Waals surface area contributed by atoms with Crippen molar-refractivity contribution < 1.29 is 35.9 Å². The number of carbonyl (C=O) groups is 1. The number of pyridine rings is 1. The van der Waals surface area contributed by atoms with E-state index in [4.69, 9.17) is 4.74 Å². The third-order valence-electron chi connectivity index (χ3n) is 7.83. The number of carbonyl (C=O) groups excluding carboxylic acids is 1. The van der Waals surface area contributed by atoms with Crippen LogP contribution >= 0.6 is 27.3 Å². The average Bonchev–Trinajstić information content (AvgIpc) is 3.42. The lowest BCUT2D eigenvalue weighted by atomic mass is 9.84. The maximum Gasteiger partial charge on any atom is 0.425 e. The van der Waals surface area contributed by atoms with Gasteiger partial charge in [-0.25, -0.2) is 0 Å². The van der Waals surface area contributed by atoms with E-state index in [9.17, 15) is 31.1 Å². The van der Waals surface area contributed by atoms with Crippen LogP contribution in [0.5, 0.6) is 5.75 Å². The molecular weight excluding hydrogens is 648 g/mol. The maximum absolute atomic E-state index is 13.9. The second-order valence-electron chi connectivity index (χ2n) is 10.5. The van der Waals surface area contributed by atoms with Crippen LogP contribution in [0.1, 0.15) is 64.7 Å². The van der Waals surface area contributed by atoms with Crippen LogP contribution in [-0.2, 0) is 25.3 Å². The van der Waals surface area contributed by atoms with Crippen LogP contribution in [0.4, 0.5) is 26.3 Å². The summed E-state index contributed by atoms with van der Waals surface area (Å²) in [7, 11) is 0. The Morgan fingerprint density at radius 3 is 2.60 bits per heavy atom. The fourth-order valence-electron chi connectivity index (χ4n) is 6.03. The molecule has 1 fully saturated rings. The number of benzene rings is 1. The summed E-state index contributed by atoms with van der Waals surface area (Å²) >= 11 is 4.02. The van der Waals surface area contributed by atoms with Crippen molar-refractivity contribution in [1.29, 1.82) is 0 Å². The van der Waals surface area contributed by atoms with E-state index in [-0.39, 0.29) is 12.3 Å². The van der Waals surface area contributed by atoms with Crippen LogP contribution in [0, 0.1) is 0 Å². The molecule has 42 heavy (non-hydrogen) atoms. The van der Waals surface area contributed by atoms with Gasteiger partial charge in [0.25, 0.3) is 5.91 Å². The van der Waals surface area contributed by atoms with Crippen LogP contribution in [0.15, 0.2) is 52.4 Å². The molecule has 1 unspecified atom stereocenters. The first-order chi connectivity index (χ1) is 19.8. The first-order valence-corrected chi connectivity index (χ1v) is 15.2. The van der Waals surface area contributed by atoms with Gasteiger partial charge in [0.15, 0.2) is 5.72 Å². The van der Waals surface area contributed by atoms with E-state index < -0.39 is 46.2 Å². The summed E-state index contributed by atoms with van der Waals surface area (Å²) < 4.78 is 89.6. The zero-order valence-corrected chi connectivity index (χ0v) is 25.0. The molecule has 4 heterocycles. The van der Waals surface area contributed by atoms with Gasteiger partial charge in [0.2, 0.25) is 0 Å². The predicted octanol–water partition coefficient (Wildman–Crippen LogP) is 8.18. The molecule has 5 nitrogen and oxygen atoms in total. The van der Waals surface area contributed by atoms with Crippen molar-refractivity contribution in [3.05, 3.63) is 79.7 Å². The minimum Gasteiger partial charge on any atom is -0.469 e. The highest BCUT2D eigenvalue weighted by Crippen LogP contribution is 2.44. The summed E-state index contributed by atoms with van der Waals surface area (Å²) in [5, 5.41) is 1.29. The molecule has 2 aromatic heterocycles. The van der Waals surface area contributed by atoms with Crippen molar-refractivity contribution >= 4 is 33.2 Å². The highest BCUT2D eigenvalue weighted by molar-refractivity contribution is 9.10. The van der Waals surface area contributed by atoms with Gasteiger partial charge in [-0.2, -0.15) is 26.3 Å². The second-order valence-corrected chi connectivity index (χ2v) is 12.3. The van der Waals surface area contributed by atoms with Crippen molar-refractivity contribution in [2.24, 2.45) is 0 Å². The molecule has 13 heteroatoms. The lowest BCUT2D eigenvalue weighted by Gasteiger charge is -2.55. The summed E-state index contributed by atoms with van der Waals surface area (Å²) in [6.07, 6.45) is -5.91. The third kappa shape index (κ3) is 6.05. The molecule has 0 N–H and O–H groups in total. The topological polar surface area (TPSA) is 45.7 Å². The predicted molar refractivity (Wildman–Crippen MR) is 149 cm³/mol. The van der Waals surface area contributed by atoms with Gasteiger partial charge in [0, 0.05) is 48.2 Å². The van der Waals surface area contributed by atoms with Crippen LogP contribution in [0.3, 0.4) is 0 Å². The smallest absolute Gasteiger partial charge is 0.425 e. The Kier molecular flexibility index (Phi) is 8.66. The third-order valence-corrected chi connectivity index (χ3v) is 9.28. The number of hydrogen-bond donors (Lipinski definition) is 0. The van der Waals surface area contributed by atoms with E-state index in [1.807, 2.05) is 30.0 Å². The Balaban J connectivity index is 1.60. The fraction of sp³-hybridized carbons (Fsp3) is 0.448. The minimum atomic E-state index is -4.79. The molecule has 2 aliphatic heterocycles. The lowest BCUT2D eigenvalue weighted by Crippen LogP contribution is -2.69. The Hall–Kier alpha value is -2.64. The Morgan fingerprint density at radius 2 is 1.90 bits per heavy atom. The molecule has 1 aromatic carbocycles. The number of halogens is 7. The quantitative estimate of drug-likeness (QED) is 0.247. The molecule has 2 atom stereocenters. The number of likely N-dealkylation sites (tertiary alicyclic amines) is 1. The zero-order valence-electron chi connectivity index (χ0n) is 22.6. The Labute approximate surface area is 251 Å². The van der Waals surface area contributed by atoms with Crippen molar-refractivity contribution in [2.75, 3.05) is 13.1 Å². The molecule has 0 aliphatic carbocycles. The van der Waals surface area contributed by atoms with Crippen LogP contribution < -0.4 is 4.74 Å². The molecule has 3 aromatic rings. The summed E-state index contributed by atoms with van der Waals surface area (Å²) in [4.78, 5) is 20.3. The van der Waals surface area contributed by atoms with Gasteiger partial charge in [-0.05, 0) is 54.7 Å². The summed E-state index contributed by atoms with van der Waals surface area (Å²) in [6.45, 7) is 2.93. The largest absolute Gasteiger partial charge is 0.469 e. The molecular formula is C29H28BrF6N3O2S. The van der Waals surface area contributed by atoms with Gasteiger partial charge < -0.3 is 9.64 Å². The van der Waals surface area contributed by atoms with Crippen LogP contribution in [-0.4, -0.2) is 45.5 Å². The lowest BCUT2D eigenvalue weighted by molar-refractivity contribution is -0.164. The van der Waals surface area contributed by atoms with Crippen LogP contribution in [0.2, 0.25) is 0 Å². The van der Waals surface area contributed by atoms with Crippen molar-refractivity contribution in [2.45, 2.75) is 69.7 Å². The van der Waals surface area contributed by atoms with Gasteiger partial charge in [-0.3, -0.25) is 14.7 Å². The molecule has 0 saturated carbocycles. The monoisotopic (exact) mass is 675 g/mol. The average molecular weight is 677 g/mol. The van der Waals surface area contributed by atoms with Gasteiger partial charge in [0.1, 0.15) is 16.3 Å². The standard InChI is InChI=1S/C29H28BrF6N3O2S/c1-2-5-23-27(41-21-15-24(42-17-21)29(34,35)36,38-13-9-18-7-8-20(30)14-19(18)16-38)10-4-12-39(23)26(40)25-22(28(31,32)33)6-3-11-37-25/h3,6-8,11,14-15,17,23H,2,4-5,9-10,12-13,16H2,1H3/t23-,27?/m1/s1. The first-order valence-electron chi connectivity index (χ1n) is 13.5.